The van der Waals surface area contributed by atoms with Crippen molar-refractivity contribution in [3.05, 3.63) is 24.3 Å². The van der Waals surface area contributed by atoms with Crippen LogP contribution in [0, 0.1) is 11.7 Å². The van der Waals surface area contributed by atoms with Crippen LogP contribution < -0.4 is 11.1 Å². The average molecular weight is 237 g/mol. The Morgan fingerprint density at radius 3 is 2.94 bits per heavy atom. The van der Waals surface area contributed by atoms with Crippen LogP contribution in [0.5, 0.6) is 0 Å². The molecule has 1 fully saturated rings. The van der Waals surface area contributed by atoms with Gasteiger partial charge >= 0.3 is 0 Å². The van der Waals surface area contributed by atoms with Crippen LogP contribution in [0.15, 0.2) is 18.5 Å². The summed E-state index contributed by atoms with van der Waals surface area (Å²) in [6.07, 6.45) is 6.23. The van der Waals surface area contributed by atoms with E-state index in [2.05, 4.69) is 10.3 Å². The number of amides is 1. The second-order valence-corrected chi connectivity index (χ2v) is 4.40. The topological polar surface area (TPSA) is 68.0 Å². The second kappa shape index (κ2) is 5.23. The van der Waals surface area contributed by atoms with Gasteiger partial charge in [-0.3, -0.25) is 9.78 Å². The lowest BCUT2D eigenvalue weighted by atomic mass is 9.84. The summed E-state index contributed by atoms with van der Waals surface area (Å²) in [6.45, 7) is 0. The van der Waals surface area contributed by atoms with Crippen molar-refractivity contribution >= 4 is 11.6 Å². The summed E-state index contributed by atoms with van der Waals surface area (Å²) in [5, 5.41) is 2.58. The third-order valence-electron chi connectivity index (χ3n) is 3.19. The van der Waals surface area contributed by atoms with Crippen LogP contribution in [0.1, 0.15) is 25.7 Å². The molecule has 2 atom stereocenters. The third-order valence-corrected chi connectivity index (χ3v) is 3.19. The maximum Gasteiger partial charge on any atom is 0.229 e. The highest BCUT2D eigenvalue weighted by atomic mass is 19.1. The van der Waals surface area contributed by atoms with Crippen molar-refractivity contribution in [1.29, 1.82) is 0 Å². The molecule has 92 valence electrons. The van der Waals surface area contributed by atoms with Gasteiger partial charge in [0.05, 0.1) is 17.8 Å². The van der Waals surface area contributed by atoms with Crippen LogP contribution in [0.3, 0.4) is 0 Å². The number of halogens is 1. The van der Waals surface area contributed by atoms with Gasteiger partial charge in [-0.1, -0.05) is 12.8 Å². The largest absolute Gasteiger partial charge is 0.327 e. The zero-order valence-corrected chi connectivity index (χ0v) is 9.53. The molecular formula is C12H16FN3O. The van der Waals surface area contributed by atoms with E-state index in [1.54, 1.807) is 0 Å². The van der Waals surface area contributed by atoms with E-state index in [4.69, 9.17) is 5.73 Å². The summed E-state index contributed by atoms with van der Waals surface area (Å²) >= 11 is 0. The first-order chi connectivity index (χ1) is 8.18. The maximum absolute atomic E-state index is 13.3. The third kappa shape index (κ3) is 2.79. The predicted molar refractivity (Wildman–Crippen MR) is 62.8 cm³/mol. The fourth-order valence-corrected chi connectivity index (χ4v) is 2.19. The quantitative estimate of drug-likeness (QED) is 0.822. The van der Waals surface area contributed by atoms with E-state index in [1.807, 2.05) is 0 Å². The zero-order chi connectivity index (χ0) is 12.3. The summed E-state index contributed by atoms with van der Waals surface area (Å²) in [5.74, 6) is -0.927. The molecule has 3 N–H and O–H groups in total. The molecule has 1 aromatic heterocycles. The Hall–Kier alpha value is -1.49. The molecule has 5 heteroatoms. The smallest absolute Gasteiger partial charge is 0.229 e. The van der Waals surface area contributed by atoms with Gasteiger partial charge in [0.1, 0.15) is 0 Å². The normalized spacial score (nSPS) is 24.4. The lowest BCUT2D eigenvalue weighted by Gasteiger charge is -2.27. The van der Waals surface area contributed by atoms with Gasteiger partial charge in [-0.25, -0.2) is 4.39 Å². The minimum atomic E-state index is -0.523. The predicted octanol–water partition coefficient (Wildman–Crippen LogP) is 1.68. The van der Waals surface area contributed by atoms with Gasteiger partial charge in [0.15, 0.2) is 5.82 Å². The molecule has 0 radical (unpaired) electrons. The van der Waals surface area contributed by atoms with E-state index < -0.39 is 5.82 Å². The number of carbonyl (C=O) groups excluding carboxylic acids is 1. The van der Waals surface area contributed by atoms with Crippen molar-refractivity contribution in [2.45, 2.75) is 31.7 Å². The van der Waals surface area contributed by atoms with Crippen molar-refractivity contribution < 1.29 is 9.18 Å². The van der Waals surface area contributed by atoms with Crippen LogP contribution in [-0.4, -0.2) is 16.9 Å². The Bertz CT molecular complexity index is 410. The summed E-state index contributed by atoms with van der Waals surface area (Å²) in [4.78, 5) is 15.6. The Balaban J connectivity index is 2.03. The molecule has 2 rings (SSSR count). The molecule has 0 bridgehead atoms. The molecule has 1 amide bonds. The number of carbonyl (C=O) groups is 1. The van der Waals surface area contributed by atoms with E-state index in [1.165, 1.54) is 12.3 Å². The molecule has 2 unspecified atom stereocenters. The van der Waals surface area contributed by atoms with Crippen LogP contribution in [0.2, 0.25) is 0 Å². The molecule has 1 heterocycles. The number of anilines is 1. The molecule has 0 aliphatic heterocycles. The van der Waals surface area contributed by atoms with E-state index in [-0.39, 0.29) is 23.6 Å². The number of nitrogens with one attached hydrogen (secondary N) is 1. The van der Waals surface area contributed by atoms with Gasteiger partial charge in [-0.05, 0) is 18.9 Å². The Labute approximate surface area is 99.4 Å². The minimum absolute atomic E-state index is 0.117. The number of rotatable bonds is 2. The van der Waals surface area contributed by atoms with E-state index in [0.29, 0.717) is 0 Å². The van der Waals surface area contributed by atoms with Gasteiger partial charge in [0.2, 0.25) is 5.91 Å². The van der Waals surface area contributed by atoms with Crippen LogP contribution in [0.4, 0.5) is 10.1 Å². The van der Waals surface area contributed by atoms with Crippen LogP contribution in [0.25, 0.3) is 0 Å². The molecule has 1 aliphatic carbocycles. The van der Waals surface area contributed by atoms with E-state index in [9.17, 15) is 9.18 Å². The van der Waals surface area contributed by atoms with Gasteiger partial charge in [0.25, 0.3) is 0 Å². The van der Waals surface area contributed by atoms with Gasteiger partial charge in [-0.15, -0.1) is 0 Å². The lowest BCUT2D eigenvalue weighted by Crippen LogP contribution is -2.40. The number of hydrogen-bond donors (Lipinski definition) is 2. The minimum Gasteiger partial charge on any atom is -0.327 e. The SMILES string of the molecule is NC1CCCCC1C(=O)Nc1ccncc1F. The monoisotopic (exact) mass is 237 g/mol. The maximum atomic E-state index is 13.3. The highest BCUT2D eigenvalue weighted by molar-refractivity contribution is 5.93. The van der Waals surface area contributed by atoms with Crippen molar-refractivity contribution in [1.82, 2.24) is 4.98 Å². The van der Waals surface area contributed by atoms with Gasteiger partial charge in [-0.2, -0.15) is 0 Å². The number of nitrogens with zero attached hydrogens (tertiary/aromatic N) is 1. The molecule has 0 saturated heterocycles. The molecule has 0 spiro atoms. The summed E-state index contributed by atoms with van der Waals surface area (Å²) < 4.78 is 13.3. The number of pyridine rings is 1. The molecule has 1 aliphatic rings. The van der Waals surface area contributed by atoms with Crippen molar-refractivity contribution in [3.63, 3.8) is 0 Å². The van der Waals surface area contributed by atoms with Crippen molar-refractivity contribution in [3.8, 4) is 0 Å². The molecule has 1 aromatic rings. The first-order valence-electron chi connectivity index (χ1n) is 5.84. The fourth-order valence-electron chi connectivity index (χ4n) is 2.19. The average Bonchev–Trinajstić information content (AvgIpc) is 2.32. The first kappa shape index (κ1) is 12.0. The van der Waals surface area contributed by atoms with Crippen molar-refractivity contribution in [2.75, 3.05) is 5.32 Å². The molecular weight excluding hydrogens is 221 g/mol. The highest BCUT2D eigenvalue weighted by Gasteiger charge is 2.28. The highest BCUT2D eigenvalue weighted by Crippen LogP contribution is 2.24. The first-order valence-corrected chi connectivity index (χ1v) is 5.84. The van der Waals surface area contributed by atoms with Crippen LogP contribution in [-0.2, 0) is 4.79 Å². The molecule has 17 heavy (non-hydrogen) atoms. The summed E-state index contributed by atoms with van der Waals surface area (Å²) in [7, 11) is 0. The van der Waals surface area contributed by atoms with Crippen molar-refractivity contribution in [2.24, 2.45) is 11.7 Å². The molecule has 0 aromatic carbocycles. The summed E-state index contributed by atoms with van der Waals surface area (Å²) in [5.41, 5.74) is 6.07. The fraction of sp³-hybridized carbons (Fsp3) is 0.500. The Kier molecular flexibility index (Phi) is 3.68. The number of hydrogen-bond acceptors (Lipinski definition) is 3. The van der Waals surface area contributed by atoms with Gasteiger partial charge < -0.3 is 11.1 Å². The Morgan fingerprint density at radius 2 is 2.24 bits per heavy atom. The summed E-state index contributed by atoms with van der Waals surface area (Å²) in [6, 6.07) is 1.33. The number of aromatic nitrogens is 1. The zero-order valence-electron chi connectivity index (χ0n) is 9.53. The Morgan fingerprint density at radius 1 is 1.47 bits per heavy atom. The lowest BCUT2D eigenvalue weighted by molar-refractivity contribution is -0.121. The van der Waals surface area contributed by atoms with Gasteiger partial charge in [0, 0.05) is 12.2 Å². The molecule has 1 saturated carbocycles. The van der Waals surface area contributed by atoms with E-state index in [0.717, 1.165) is 31.9 Å². The standard InChI is InChI=1S/C12H16FN3O/c13-9-7-15-6-5-11(9)16-12(17)8-3-1-2-4-10(8)14/h5-8,10H,1-4,14H2,(H,15,16,17). The number of nitrogens with two attached hydrogens (primary N) is 1. The second-order valence-electron chi connectivity index (χ2n) is 4.40. The van der Waals surface area contributed by atoms with Crippen LogP contribution >= 0.6 is 0 Å². The van der Waals surface area contributed by atoms with E-state index >= 15 is 0 Å². The molecule has 4 nitrogen and oxygen atoms in total.